The standard InChI is InChI=1S/C25H30FN5O3.C14H18FNO4.C10H13N5/c1-25(2,3)34-24(33)29-21(12-16-6-8-18(26)9-7-16)22(32)15-19-14-20(30-31(19)5)17-10-11-28-23(13-17)27-4;1-14(2,3)20-13(19)16-11(12(17)18)8-9-4-6-10(15)7-5-9;1-12-10-5-7(3-4-13-10)8-6-9(11)15(2)14-8/h6-11,13-14,21H,12,15H2,1-5H3,(H,27,28)(H,29,33);4-7,11H,8H2,1-3H3,(H,16,19)(H,17,18);3-6H,11H2,1-2H3,(H,12,13)/t21-;11-;/m00./s1. The highest BCUT2D eigenvalue weighted by atomic mass is 19.1. The van der Waals surface area contributed by atoms with E-state index in [9.17, 15) is 28.0 Å². The Labute approximate surface area is 400 Å². The number of nitrogens with two attached hydrogens (primary N) is 1. The molecular formula is C49H61F2N11O7. The van der Waals surface area contributed by atoms with Gasteiger partial charge in [-0.05, 0) is 114 Å². The Morgan fingerprint density at radius 3 is 1.48 bits per heavy atom. The van der Waals surface area contributed by atoms with Crippen LogP contribution >= 0.6 is 0 Å². The summed E-state index contributed by atoms with van der Waals surface area (Å²) in [5.41, 5.74) is 9.75. The van der Waals surface area contributed by atoms with Crippen LogP contribution in [0.2, 0.25) is 0 Å². The van der Waals surface area contributed by atoms with Gasteiger partial charge in [0, 0.05) is 69.9 Å². The van der Waals surface area contributed by atoms with Crippen molar-refractivity contribution in [2.45, 2.75) is 84.1 Å². The molecule has 6 rings (SSSR count). The average Bonchev–Trinajstić information content (AvgIpc) is 3.82. The highest BCUT2D eigenvalue weighted by molar-refractivity contribution is 5.89. The van der Waals surface area contributed by atoms with E-state index in [2.05, 4.69) is 41.4 Å². The Morgan fingerprint density at radius 1 is 0.652 bits per heavy atom. The molecule has 0 aliphatic rings. The zero-order valence-corrected chi connectivity index (χ0v) is 40.4. The molecule has 0 radical (unpaired) electrons. The number of benzene rings is 2. The average molecular weight is 954 g/mol. The Kier molecular flexibility index (Phi) is 18.9. The molecule has 0 unspecified atom stereocenters. The predicted octanol–water partition coefficient (Wildman–Crippen LogP) is 7.36. The lowest BCUT2D eigenvalue weighted by Crippen LogP contribution is -2.45. The number of carbonyl (C=O) groups is 4. The van der Waals surface area contributed by atoms with Gasteiger partial charge in [0.15, 0.2) is 5.78 Å². The highest BCUT2D eigenvalue weighted by Gasteiger charge is 2.27. The molecule has 18 nitrogen and oxygen atoms in total. The van der Waals surface area contributed by atoms with Crippen LogP contribution in [0, 0.1) is 11.6 Å². The molecule has 0 aliphatic heterocycles. The number of nitrogens with zero attached hydrogens (tertiary/aromatic N) is 6. The maximum absolute atomic E-state index is 13.3. The van der Waals surface area contributed by atoms with Gasteiger partial charge < -0.3 is 41.6 Å². The molecule has 0 bridgehead atoms. The van der Waals surface area contributed by atoms with Crippen LogP contribution in [-0.4, -0.2) is 96.0 Å². The number of carboxylic acid groups (broad SMARTS) is 1. The van der Waals surface area contributed by atoms with Gasteiger partial charge in [-0.25, -0.2) is 33.1 Å². The molecule has 4 heterocycles. The molecule has 0 spiro atoms. The zero-order chi connectivity index (χ0) is 51.1. The van der Waals surface area contributed by atoms with Crippen molar-refractivity contribution >= 4 is 41.4 Å². The lowest BCUT2D eigenvalue weighted by molar-refractivity contribution is -0.139. The molecule has 2 atom stereocenters. The fourth-order valence-corrected chi connectivity index (χ4v) is 6.25. The Morgan fingerprint density at radius 2 is 1.07 bits per heavy atom. The first-order valence-corrected chi connectivity index (χ1v) is 21.8. The maximum Gasteiger partial charge on any atom is 0.408 e. The van der Waals surface area contributed by atoms with E-state index in [1.165, 1.54) is 36.4 Å². The van der Waals surface area contributed by atoms with Gasteiger partial charge in [0.1, 0.15) is 46.3 Å². The number of carbonyl (C=O) groups excluding carboxylic acids is 3. The van der Waals surface area contributed by atoms with Crippen LogP contribution in [0.1, 0.15) is 58.4 Å². The van der Waals surface area contributed by atoms with E-state index in [1.807, 2.05) is 50.5 Å². The lowest BCUT2D eigenvalue weighted by Gasteiger charge is -2.23. The van der Waals surface area contributed by atoms with E-state index in [0.29, 0.717) is 28.6 Å². The van der Waals surface area contributed by atoms with E-state index < -0.39 is 47.3 Å². The summed E-state index contributed by atoms with van der Waals surface area (Å²) in [6, 6.07) is 20.5. The number of Topliss-reactive ketones (excluding diaryl/α,β-unsaturated/α-hetero) is 1. The number of hydrogen-bond donors (Lipinski definition) is 6. The third-order valence-electron chi connectivity index (χ3n) is 9.65. The van der Waals surface area contributed by atoms with E-state index in [0.717, 1.165) is 28.2 Å². The van der Waals surface area contributed by atoms with Crippen molar-refractivity contribution in [3.8, 4) is 22.5 Å². The molecule has 0 aliphatic carbocycles. The minimum atomic E-state index is -1.18. The van der Waals surface area contributed by atoms with E-state index in [4.69, 9.17) is 20.3 Å². The number of nitrogens with one attached hydrogen (secondary N) is 4. The molecule has 20 heteroatoms. The van der Waals surface area contributed by atoms with E-state index >= 15 is 0 Å². The molecule has 368 valence electrons. The summed E-state index contributed by atoms with van der Waals surface area (Å²) in [4.78, 5) is 56.7. The second kappa shape index (κ2) is 24.2. The van der Waals surface area contributed by atoms with Gasteiger partial charge in [0.05, 0.1) is 23.9 Å². The van der Waals surface area contributed by atoms with Crippen molar-refractivity contribution in [1.29, 1.82) is 0 Å². The quantitative estimate of drug-likeness (QED) is 0.0625. The third-order valence-corrected chi connectivity index (χ3v) is 9.65. The second-order valence-corrected chi connectivity index (χ2v) is 17.6. The monoisotopic (exact) mass is 953 g/mol. The first kappa shape index (κ1) is 53.7. The van der Waals surface area contributed by atoms with Crippen LogP contribution in [0.5, 0.6) is 0 Å². The van der Waals surface area contributed by atoms with Gasteiger partial charge in [0.25, 0.3) is 0 Å². The number of pyridine rings is 2. The van der Waals surface area contributed by atoms with Crippen LogP contribution in [0.3, 0.4) is 0 Å². The molecule has 0 saturated carbocycles. The minimum absolute atomic E-state index is 0.0505. The fraction of sp³-hybridized carbons (Fsp3) is 0.347. The van der Waals surface area contributed by atoms with Crippen LogP contribution < -0.4 is 27.0 Å². The van der Waals surface area contributed by atoms with Gasteiger partial charge in [-0.3, -0.25) is 14.2 Å². The summed E-state index contributed by atoms with van der Waals surface area (Å²) in [6.45, 7) is 10.3. The molecule has 0 saturated heterocycles. The summed E-state index contributed by atoms with van der Waals surface area (Å²) in [6.07, 6.45) is 2.25. The first-order valence-electron chi connectivity index (χ1n) is 21.8. The summed E-state index contributed by atoms with van der Waals surface area (Å²) >= 11 is 0. The number of halogens is 2. The molecule has 69 heavy (non-hydrogen) atoms. The number of aromatic nitrogens is 6. The summed E-state index contributed by atoms with van der Waals surface area (Å²) in [5, 5.41) is 28.8. The molecule has 6 aromatic rings. The minimum Gasteiger partial charge on any atom is -0.480 e. The van der Waals surface area contributed by atoms with Crippen molar-refractivity contribution in [3.05, 3.63) is 126 Å². The third kappa shape index (κ3) is 18.0. The van der Waals surface area contributed by atoms with Crippen LogP contribution in [0.25, 0.3) is 22.5 Å². The fourth-order valence-electron chi connectivity index (χ4n) is 6.25. The van der Waals surface area contributed by atoms with Crippen molar-refractivity contribution in [3.63, 3.8) is 0 Å². The molecular weight excluding hydrogens is 893 g/mol. The number of anilines is 3. The number of carboxylic acids is 1. The predicted molar refractivity (Wildman–Crippen MR) is 259 cm³/mol. The van der Waals surface area contributed by atoms with Gasteiger partial charge in [0.2, 0.25) is 0 Å². The lowest BCUT2D eigenvalue weighted by atomic mass is 9.99. The van der Waals surface area contributed by atoms with Gasteiger partial charge in [-0.15, -0.1) is 0 Å². The normalized spacial score (nSPS) is 11.9. The summed E-state index contributed by atoms with van der Waals surface area (Å²) < 4.78 is 39.7. The Hall–Kier alpha value is -7.90. The number of ether oxygens (including phenoxy) is 2. The van der Waals surface area contributed by atoms with E-state index in [1.54, 1.807) is 89.5 Å². The summed E-state index contributed by atoms with van der Waals surface area (Å²) in [5.74, 6) is 0.00854. The molecule has 4 aromatic heterocycles. The Bertz CT molecular complexity index is 2640. The van der Waals surface area contributed by atoms with Gasteiger partial charge >= 0.3 is 18.2 Å². The number of rotatable bonds is 14. The number of amides is 2. The zero-order valence-electron chi connectivity index (χ0n) is 40.4. The Balaban J connectivity index is 0.000000250. The maximum atomic E-state index is 13.3. The van der Waals surface area contributed by atoms with Crippen LogP contribution in [0.15, 0.2) is 97.3 Å². The van der Waals surface area contributed by atoms with E-state index in [-0.39, 0.29) is 30.9 Å². The number of aryl methyl sites for hydroxylation is 2. The second-order valence-electron chi connectivity index (χ2n) is 17.6. The number of hydrogen-bond acceptors (Lipinski definition) is 13. The number of ketones is 1. The SMILES string of the molecule is CC(C)(C)OC(=O)N[C@@H](Cc1ccc(F)cc1)C(=O)O.CNc1cc(-c2cc(CC(=O)[C@H](Cc3ccc(F)cc3)NC(=O)OC(C)(C)C)n(C)n2)ccn1.CNc1cc(-c2cc(N)n(C)n2)ccn1. The summed E-state index contributed by atoms with van der Waals surface area (Å²) in [7, 11) is 7.20. The van der Waals surface area contributed by atoms with Crippen LogP contribution in [0.4, 0.5) is 35.8 Å². The van der Waals surface area contributed by atoms with Gasteiger partial charge in [-0.2, -0.15) is 10.2 Å². The largest absolute Gasteiger partial charge is 0.480 e. The van der Waals surface area contributed by atoms with Crippen molar-refractivity contribution in [2.24, 2.45) is 14.1 Å². The van der Waals surface area contributed by atoms with Gasteiger partial charge in [-0.1, -0.05) is 24.3 Å². The topological polar surface area (TPSA) is 243 Å². The number of aliphatic carboxylic acids is 1. The van der Waals surface area contributed by atoms with Crippen LogP contribution in [-0.2, 0) is 52.4 Å². The van der Waals surface area contributed by atoms with Crippen molar-refractivity contribution < 1.29 is 42.5 Å². The molecule has 2 amide bonds. The smallest absolute Gasteiger partial charge is 0.408 e. The molecule has 2 aromatic carbocycles. The number of alkyl carbamates (subject to hydrolysis) is 2. The first-order chi connectivity index (χ1) is 32.4. The highest BCUT2D eigenvalue weighted by Crippen LogP contribution is 2.23. The number of nitrogen functional groups attached to an aromatic ring is 1. The molecule has 7 N–H and O–H groups in total. The van der Waals surface area contributed by atoms with Crippen molar-refractivity contribution in [2.75, 3.05) is 30.5 Å². The van der Waals surface area contributed by atoms with Crippen molar-refractivity contribution in [1.82, 2.24) is 40.2 Å². The molecule has 0 fully saturated rings.